The summed E-state index contributed by atoms with van der Waals surface area (Å²) in [5.41, 5.74) is 2.68. The summed E-state index contributed by atoms with van der Waals surface area (Å²) in [5.74, 6) is 0. The topological polar surface area (TPSA) is 29.9 Å². The molecule has 1 unspecified atom stereocenters. The highest BCUT2D eigenvalue weighted by Crippen LogP contribution is 2.18. The van der Waals surface area contributed by atoms with Gasteiger partial charge in [-0.1, -0.05) is 6.92 Å². The molecule has 0 amide bonds. The lowest BCUT2D eigenvalue weighted by Crippen LogP contribution is -2.25. The number of nitrogens with one attached hydrogen (secondary N) is 1. The van der Waals surface area contributed by atoms with E-state index in [1.807, 2.05) is 6.33 Å². The Morgan fingerprint density at radius 2 is 2.54 bits per heavy atom. The molecule has 0 aliphatic carbocycles. The maximum atomic E-state index is 4.43. The molecule has 0 saturated carbocycles. The summed E-state index contributed by atoms with van der Waals surface area (Å²) in [5, 5.41) is 3.34. The lowest BCUT2D eigenvalue weighted by molar-refractivity contribution is 0.497. The molecular weight excluding hydrogens is 162 g/mol. The van der Waals surface area contributed by atoms with Crippen molar-refractivity contribution in [3.05, 3.63) is 17.7 Å². The van der Waals surface area contributed by atoms with E-state index in [1.165, 1.54) is 17.8 Å². The fourth-order valence-electron chi connectivity index (χ4n) is 1.84. The molecule has 2 heterocycles. The van der Waals surface area contributed by atoms with E-state index in [-0.39, 0.29) is 0 Å². The molecule has 0 fully saturated rings. The molecule has 0 aromatic carbocycles. The largest absolute Gasteiger partial charge is 0.331 e. The van der Waals surface area contributed by atoms with Crippen LogP contribution in [0.25, 0.3) is 0 Å². The molecule has 3 heteroatoms. The quantitative estimate of drug-likeness (QED) is 0.745. The summed E-state index contributed by atoms with van der Waals surface area (Å²) in [6, 6.07) is 0.592. The minimum Gasteiger partial charge on any atom is -0.331 e. The highest BCUT2D eigenvalue weighted by atomic mass is 15.1. The van der Waals surface area contributed by atoms with Gasteiger partial charge in [0.2, 0.25) is 0 Å². The van der Waals surface area contributed by atoms with Gasteiger partial charge in [0, 0.05) is 31.2 Å². The predicted octanol–water partition coefficient (Wildman–Crippen LogP) is 1.50. The lowest BCUT2D eigenvalue weighted by Gasteiger charge is -2.18. The molecule has 1 atom stereocenters. The van der Waals surface area contributed by atoms with E-state index >= 15 is 0 Å². The molecule has 1 aromatic rings. The fraction of sp³-hybridized carbons (Fsp3) is 0.700. The Morgan fingerprint density at radius 3 is 3.31 bits per heavy atom. The van der Waals surface area contributed by atoms with Gasteiger partial charge in [-0.05, 0) is 13.3 Å². The molecule has 13 heavy (non-hydrogen) atoms. The van der Waals surface area contributed by atoms with Crippen LogP contribution in [-0.4, -0.2) is 16.1 Å². The van der Waals surface area contributed by atoms with Gasteiger partial charge in [-0.3, -0.25) is 0 Å². The van der Waals surface area contributed by atoms with Crippen LogP contribution in [0.4, 0.5) is 0 Å². The maximum absolute atomic E-state index is 4.43. The Morgan fingerprint density at radius 1 is 1.69 bits per heavy atom. The third kappa shape index (κ3) is 1.48. The zero-order chi connectivity index (χ0) is 9.26. The summed E-state index contributed by atoms with van der Waals surface area (Å²) < 4.78 is 2.33. The van der Waals surface area contributed by atoms with Crippen LogP contribution in [-0.2, 0) is 13.0 Å². The highest BCUT2D eigenvalue weighted by Gasteiger charge is 2.16. The monoisotopic (exact) mass is 179 g/mol. The van der Waals surface area contributed by atoms with Gasteiger partial charge in [-0.2, -0.15) is 0 Å². The van der Waals surface area contributed by atoms with E-state index in [9.17, 15) is 0 Å². The van der Waals surface area contributed by atoms with Crippen molar-refractivity contribution >= 4 is 0 Å². The molecule has 0 radical (unpaired) electrons. The van der Waals surface area contributed by atoms with Gasteiger partial charge in [0.1, 0.15) is 0 Å². The van der Waals surface area contributed by atoms with E-state index in [0.717, 1.165) is 19.5 Å². The first-order valence-corrected chi connectivity index (χ1v) is 5.08. The van der Waals surface area contributed by atoms with Gasteiger partial charge in [0.25, 0.3) is 0 Å². The van der Waals surface area contributed by atoms with E-state index in [1.54, 1.807) is 0 Å². The van der Waals surface area contributed by atoms with Crippen LogP contribution in [0.3, 0.4) is 0 Å². The molecule has 0 spiro atoms. The van der Waals surface area contributed by atoms with E-state index in [2.05, 4.69) is 28.7 Å². The zero-order valence-electron chi connectivity index (χ0n) is 8.38. The maximum Gasteiger partial charge on any atom is 0.0954 e. The SMILES string of the molecule is CCC(C)n1cnc2c1CCNC2. The van der Waals surface area contributed by atoms with Gasteiger partial charge < -0.3 is 9.88 Å². The second-order valence-electron chi connectivity index (χ2n) is 3.73. The van der Waals surface area contributed by atoms with Crippen molar-refractivity contribution in [1.82, 2.24) is 14.9 Å². The summed E-state index contributed by atoms with van der Waals surface area (Å²) in [7, 11) is 0. The van der Waals surface area contributed by atoms with E-state index in [4.69, 9.17) is 0 Å². The third-order valence-corrected chi connectivity index (χ3v) is 2.88. The van der Waals surface area contributed by atoms with Crippen LogP contribution in [0.15, 0.2) is 6.33 Å². The summed E-state index contributed by atoms with van der Waals surface area (Å²) in [4.78, 5) is 4.43. The number of rotatable bonds is 2. The minimum atomic E-state index is 0.592. The van der Waals surface area contributed by atoms with Crippen LogP contribution in [0, 0.1) is 0 Å². The van der Waals surface area contributed by atoms with Crippen molar-refractivity contribution in [2.45, 2.75) is 39.3 Å². The number of imidazole rings is 1. The lowest BCUT2D eigenvalue weighted by atomic mass is 10.1. The van der Waals surface area contributed by atoms with Crippen LogP contribution < -0.4 is 5.32 Å². The fourth-order valence-corrected chi connectivity index (χ4v) is 1.84. The first kappa shape index (κ1) is 8.75. The molecule has 2 rings (SSSR count). The molecule has 72 valence electrons. The Balaban J connectivity index is 2.31. The normalized spacial score (nSPS) is 18.3. The number of aromatic nitrogens is 2. The number of hydrogen-bond donors (Lipinski definition) is 1. The molecule has 1 aliphatic heterocycles. The summed E-state index contributed by atoms with van der Waals surface area (Å²) in [6.07, 6.45) is 4.29. The van der Waals surface area contributed by atoms with Gasteiger partial charge in [-0.25, -0.2) is 4.98 Å². The van der Waals surface area contributed by atoms with Gasteiger partial charge >= 0.3 is 0 Å². The highest BCUT2D eigenvalue weighted by molar-refractivity contribution is 5.16. The molecule has 1 N–H and O–H groups in total. The van der Waals surface area contributed by atoms with Crippen molar-refractivity contribution in [1.29, 1.82) is 0 Å². The summed E-state index contributed by atoms with van der Waals surface area (Å²) >= 11 is 0. The number of hydrogen-bond acceptors (Lipinski definition) is 2. The Bertz CT molecular complexity index is 290. The number of fused-ring (bicyclic) bond motifs is 1. The minimum absolute atomic E-state index is 0.592. The molecule has 3 nitrogen and oxygen atoms in total. The van der Waals surface area contributed by atoms with E-state index < -0.39 is 0 Å². The van der Waals surface area contributed by atoms with Crippen LogP contribution in [0.1, 0.15) is 37.7 Å². The third-order valence-electron chi connectivity index (χ3n) is 2.88. The Hall–Kier alpha value is -0.830. The van der Waals surface area contributed by atoms with Crippen molar-refractivity contribution in [3.63, 3.8) is 0 Å². The van der Waals surface area contributed by atoms with Crippen molar-refractivity contribution in [2.24, 2.45) is 0 Å². The Labute approximate surface area is 79.2 Å². The summed E-state index contributed by atoms with van der Waals surface area (Å²) in [6.45, 7) is 6.51. The van der Waals surface area contributed by atoms with Crippen LogP contribution in [0.5, 0.6) is 0 Å². The van der Waals surface area contributed by atoms with E-state index in [0.29, 0.717) is 6.04 Å². The first-order valence-electron chi connectivity index (χ1n) is 5.08. The van der Waals surface area contributed by atoms with Crippen molar-refractivity contribution < 1.29 is 0 Å². The second-order valence-corrected chi connectivity index (χ2v) is 3.73. The average molecular weight is 179 g/mol. The molecular formula is C10H17N3. The van der Waals surface area contributed by atoms with Crippen LogP contribution in [0.2, 0.25) is 0 Å². The van der Waals surface area contributed by atoms with Gasteiger partial charge in [0.05, 0.1) is 12.0 Å². The van der Waals surface area contributed by atoms with Gasteiger partial charge in [0.15, 0.2) is 0 Å². The molecule has 1 aromatic heterocycles. The molecule has 1 aliphatic rings. The van der Waals surface area contributed by atoms with Crippen molar-refractivity contribution in [3.8, 4) is 0 Å². The standard InChI is InChI=1S/C10H17N3/c1-3-8(2)13-7-12-9-6-11-5-4-10(9)13/h7-8,11H,3-6H2,1-2H3. The Kier molecular flexibility index (Phi) is 2.36. The van der Waals surface area contributed by atoms with Crippen LogP contribution >= 0.6 is 0 Å². The first-order chi connectivity index (χ1) is 6.33. The molecule has 0 bridgehead atoms. The smallest absolute Gasteiger partial charge is 0.0954 e. The zero-order valence-corrected chi connectivity index (χ0v) is 8.38. The number of nitrogens with zero attached hydrogens (tertiary/aromatic N) is 2. The average Bonchev–Trinajstić information content (AvgIpc) is 2.60. The molecule has 0 saturated heterocycles. The van der Waals surface area contributed by atoms with Crippen molar-refractivity contribution in [2.75, 3.05) is 6.54 Å². The van der Waals surface area contributed by atoms with Gasteiger partial charge in [-0.15, -0.1) is 0 Å². The second kappa shape index (κ2) is 3.50. The predicted molar refractivity (Wildman–Crippen MR) is 52.6 cm³/mol.